The molecule has 1 unspecified atom stereocenters. The summed E-state index contributed by atoms with van der Waals surface area (Å²) in [4.78, 5) is 19.9. The van der Waals surface area contributed by atoms with Crippen LogP contribution in [0.2, 0.25) is 0 Å². The van der Waals surface area contributed by atoms with E-state index in [1.165, 1.54) is 0 Å². The Morgan fingerprint density at radius 2 is 1.71 bits per heavy atom. The number of rotatable bonds is 4. The predicted octanol–water partition coefficient (Wildman–Crippen LogP) is -2.02. The smallest absolute Gasteiger partial charge is 0.321 e. The van der Waals surface area contributed by atoms with Crippen LogP contribution < -0.4 is 11.5 Å². The number of hydrogen-bond donors (Lipinski definition) is 5. The van der Waals surface area contributed by atoms with E-state index in [0.717, 1.165) is 0 Å². The van der Waals surface area contributed by atoms with E-state index < -0.39 is 24.2 Å². The molecule has 0 rings (SSSR count). The monoisotopic (exact) mass is 208 g/mol. The van der Waals surface area contributed by atoms with E-state index in [2.05, 4.69) is 5.73 Å². The van der Waals surface area contributed by atoms with Gasteiger partial charge in [0.05, 0.1) is 6.42 Å². The zero-order valence-electron chi connectivity index (χ0n) is 7.88. The second-order valence-corrected chi connectivity index (χ2v) is 2.50. The molecule has 7 N–H and O–H groups in total. The molecular weight excluding hydrogens is 192 g/mol. The minimum atomic E-state index is -1.21. The Morgan fingerprint density at radius 1 is 1.36 bits per heavy atom. The highest BCUT2D eigenvalue weighted by atomic mass is 16.5. The molecule has 0 bridgehead atoms. The molecule has 7 nitrogen and oxygen atoms in total. The number of primary amides is 1. The van der Waals surface area contributed by atoms with Gasteiger partial charge in [-0.2, -0.15) is 0 Å². The standard InChI is InChI=1S/C4H8N2O3.C3H8O2/c5-2(4(8)9)1-3(6)7;1-2-3(4)5/h2H,1,5H2,(H2,6,7)(H,8,9);3-5H,2H2,1H3. The van der Waals surface area contributed by atoms with Crippen LogP contribution in [0.3, 0.4) is 0 Å². The molecular formula is C7H16N2O5. The molecule has 1 amide bonds. The van der Waals surface area contributed by atoms with E-state index in [9.17, 15) is 9.59 Å². The molecule has 0 fully saturated rings. The van der Waals surface area contributed by atoms with Crippen molar-refractivity contribution in [1.29, 1.82) is 0 Å². The minimum Gasteiger partial charge on any atom is -0.480 e. The first kappa shape index (κ1) is 15.3. The average molecular weight is 208 g/mol. The number of aliphatic hydroxyl groups is 2. The molecule has 0 aromatic rings. The first-order valence-electron chi connectivity index (χ1n) is 3.94. The summed E-state index contributed by atoms with van der Waals surface area (Å²) in [5, 5.41) is 23.9. The number of nitrogens with two attached hydrogens (primary N) is 2. The molecule has 0 aliphatic heterocycles. The Balaban J connectivity index is 0. The Bertz CT molecular complexity index is 183. The number of aliphatic hydroxyl groups excluding tert-OH is 1. The van der Waals surface area contributed by atoms with Gasteiger partial charge in [-0.05, 0) is 6.42 Å². The number of aliphatic carboxylic acids is 1. The SMILES string of the molecule is CCC(O)O.NC(=O)CC(N)C(=O)O. The molecule has 0 saturated carbocycles. The van der Waals surface area contributed by atoms with Gasteiger partial charge in [0.15, 0.2) is 6.29 Å². The fraction of sp³-hybridized carbons (Fsp3) is 0.714. The maximum absolute atomic E-state index is 9.99. The number of carboxylic acid groups (broad SMARTS) is 1. The van der Waals surface area contributed by atoms with E-state index in [0.29, 0.717) is 6.42 Å². The third-order valence-electron chi connectivity index (χ3n) is 1.10. The van der Waals surface area contributed by atoms with Gasteiger partial charge in [-0.15, -0.1) is 0 Å². The largest absolute Gasteiger partial charge is 0.480 e. The lowest BCUT2D eigenvalue weighted by Crippen LogP contribution is -2.34. The van der Waals surface area contributed by atoms with Gasteiger partial charge in [0.1, 0.15) is 6.04 Å². The zero-order valence-corrected chi connectivity index (χ0v) is 7.88. The van der Waals surface area contributed by atoms with Gasteiger partial charge >= 0.3 is 5.97 Å². The minimum absolute atomic E-state index is 0.310. The van der Waals surface area contributed by atoms with E-state index in [1.54, 1.807) is 6.92 Å². The zero-order chi connectivity index (χ0) is 11.7. The summed E-state index contributed by atoms with van der Waals surface area (Å²) < 4.78 is 0. The molecule has 1 atom stereocenters. The number of hydrogen-bond acceptors (Lipinski definition) is 5. The summed E-state index contributed by atoms with van der Waals surface area (Å²) >= 11 is 0. The van der Waals surface area contributed by atoms with Gasteiger partial charge < -0.3 is 26.8 Å². The lowest BCUT2D eigenvalue weighted by molar-refractivity contribution is -0.140. The van der Waals surface area contributed by atoms with Gasteiger partial charge in [-0.25, -0.2) is 0 Å². The van der Waals surface area contributed by atoms with Crippen molar-refractivity contribution in [2.24, 2.45) is 11.5 Å². The second kappa shape index (κ2) is 8.42. The van der Waals surface area contributed by atoms with Gasteiger partial charge in [0.25, 0.3) is 0 Å². The molecule has 0 radical (unpaired) electrons. The predicted molar refractivity (Wildman–Crippen MR) is 47.9 cm³/mol. The number of carbonyl (C=O) groups excluding carboxylic acids is 1. The van der Waals surface area contributed by atoms with Gasteiger partial charge in [0, 0.05) is 0 Å². The topological polar surface area (TPSA) is 147 Å². The van der Waals surface area contributed by atoms with Crippen LogP contribution in [-0.4, -0.2) is 39.5 Å². The number of amides is 1. The summed E-state index contributed by atoms with van der Waals surface area (Å²) in [6.45, 7) is 1.70. The normalized spacial score (nSPS) is 11.5. The Kier molecular flexibility index (Phi) is 9.20. The molecule has 0 aliphatic rings. The van der Waals surface area contributed by atoms with Crippen molar-refractivity contribution in [2.75, 3.05) is 0 Å². The van der Waals surface area contributed by atoms with Crippen molar-refractivity contribution < 1.29 is 24.9 Å². The third kappa shape index (κ3) is 13.4. The van der Waals surface area contributed by atoms with Crippen molar-refractivity contribution in [2.45, 2.75) is 32.1 Å². The molecule has 0 heterocycles. The van der Waals surface area contributed by atoms with Crippen LogP contribution in [-0.2, 0) is 9.59 Å². The van der Waals surface area contributed by atoms with E-state index >= 15 is 0 Å². The summed E-state index contributed by atoms with van der Waals surface area (Å²) in [6, 6.07) is -1.16. The van der Waals surface area contributed by atoms with Gasteiger partial charge in [0.2, 0.25) is 5.91 Å². The van der Waals surface area contributed by atoms with Crippen LogP contribution in [0, 0.1) is 0 Å². The molecule has 0 aromatic heterocycles. The summed E-state index contributed by atoms with van der Waals surface area (Å²) in [5.74, 6) is -1.92. The maximum atomic E-state index is 9.99. The van der Waals surface area contributed by atoms with E-state index in [1.807, 2.05) is 0 Å². The fourth-order valence-corrected chi connectivity index (χ4v) is 0.304. The van der Waals surface area contributed by atoms with Crippen molar-refractivity contribution in [3.63, 3.8) is 0 Å². The van der Waals surface area contributed by atoms with Crippen LogP contribution >= 0.6 is 0 Å². The van der Waals surface area contributed by atoms with Crippen molar-refractivity contribution >= 4 is 11.9 Å². The van der Waals surface area contributed by atoms with Crippen molar-refractivity contribution in [1.82, 2.24) is 0 Å². The summed E-state index contributed by atoms with van der Waals surface area (Å²) in [6.07, 6.45) is -1.01. The van der Waals surface area contributed by atoms with Gasteiger partial charge in [-0.1, -0.05) is 6.92 Å². The maximum Gasteiger partial charge on any atom is 0.321 e. The Hall–Kier alpha value is -1.18. The van der Waals surface area contributed by atoms with E-state index in [-0.39, 0.29) is 6.42 Å². The number of carbonyl (C=O) groups is 2. The van der Waals surface area contributed by atoms with Crippen LogP contribution in [0.1, 0.15) is 19.8 Å². The highest BCUT2D eigenvalue weighted by molar-refractivity contribution is 5.82. The van der Waals surface area contributed by atoms with E-state index in [4.69, 9.17) is 21.1 Å². The molecule has 84 valence electrons. The van der Waals surface area contributed by atoms with Crippen LogP contribution in [0.25, 0.3) is 0 Å². The van der Waals surface area contributed by atoms with Crippen LogP contribution in [0.5, 0.6) is 0 Å². The first-order chi connectivity index (χ1) is 6.31. The first-order valence-corrected chi connectivity index (χ1v) is 3.94. The lowest BCUT2D eigenvalue weighted by atomic mass is 10.2. The molecule has 0 saturated heterocycles. The Labute approximate surface area is 81.3 Å². The van der Waals surface area contributed by atoms with Crippen molar-refractivity contribution in [3.05, 3.63) is 0 Å². The fourth-order valence-electron chi connectivity index (χ4n) is 0.304. The Morgan fingerprint density at radius 3 is 1.79 bits per heavy atom. The summed E-state index contributed by atoms with van der Waals surface area (Å²) in [7, 11) is 0. The number of carboxylic acids is 1. The van der Waals surface area contributed by atoms with Crippen LogP contribution in [0.4, 0.5) is 0 Å². The van der Waals surface area contributed by atoms with Crippen LogP contribution in [0.15, 0.2) is 0 Å². The molecule has 14 heavy (non-hydrogen) atoms. The second-order valence-electron chi connectivity index (χ2n) is 2.50. The average Bonchev–Trinajstić information content (AvgIpc) is 2.04. The van der Waals surface area contributed by atoms with Crippen molar-refractivity contribution in [3.8, 4) is 0 Å². The highest BCUT2D eigenvalue weighted by Gasteiger charge is 2.13. The third-order valence-corrected chi connectivity index (χ3v) is 1.10. The molecule has 7 heteroatoms. The summed E-state index contributed by atoms with van der Waals surface area (Å²) in [5.41, 5.74) is 9.57. The molecule has 0 aromatic carbocycles. The quantitative estimate of drug-likeness (QED) is 0.337. The molecule has 0 aliphatic carbocycles. The lowest BCUT2D eigenvalue weighted by Gasteiger charge is -1.99. The highest BCUT2D eigenvalue weighted by Crippen LogP contribution is 1.84. The molecule has 0 spiro atoms. The van der Waals surface area contributed by atoms with Gasteiger partial charge in [-0.3, -0.25) is 9.59 Å².